The van der Waals surface area contributed by atoms with Gasteiger partial charge in [0.25, 0.3) is 0 Å². The summed E-state index contributed by atoms with van der Waals surface area (Å²) in [6, 6.07) is 0. The molecule has 0 spiro atoms. The van der Waals surface area contributed by atoms with E-state index < -0.39 is 5.60 Å². The van der Waals surface area contributed by atoms with Crippen LogP contribution in [0.1, 0.15) is 105 Å². The standard InChI is InChI=1S/C30H50O3/c1-7-30(32,8-2)17-10-18-33-23(5)26-14-15-27-24(11-9-16-29(26,27)6)12-13-25-20-28(31)22(4)19-21(25)3/h12-13,22-23,26-28,31-32H,3,7-11,14-20H2,1-2,4-6H3/b24-12+,25-13-/t22-,23+,26?,27?,28?,29?/m0/s1. The van der Waals surface area contributed by atoms with Crippen molar-refractivity contribution in [1.29, 1.82) is 0 Å². The summed E-state index contributed by atoms with van der Waals surface area (Å²) in [5.74, 6) is 1.56. The number of aliphatic hydroxyl groups excluding tert-OH is 1. The lowest BCUT2D eigenvalue weighted by molar-refractivity contribution is -0.0365. The van der Waals surface area contributed by atoms with Crippen molar-refractivity contribution in [1.82, 2.24) is 0 Å². The van der Waals surface area contributed by atoms with E-state index in [0.717, 1.165) is 45.1 Å². The van der Waals surface area contributed by atoms with Crippen LogP contribution in [0.15, 0.2) is 35.5 Å². The third-order valence-corrected chi connectivity index (χ3v) is 9.70. The lowest BCUT2D eigenvalue weighted by Gasteiger charge is -2.44. The molecule has 0 aromatic rings. The predicted octanol–water partition coefficient (Wildman–Crippen LogP) is 7.14. The molecule has 6 atom stereocenters. The Kier molecular flexibility index (Phi) is 9.08. The van der Waals surface area contributed by atoms with Gasteiger partial charge in [-0.15, -0.1) is 0 Å². The van der Waals surface area contributed by atoms with Crippen molar-refractivity contribution >= 4 is 0 Å². The molecule has 3 aliphatic rings. The summed E-state index contributed by atoms with van der Waals surface area (Å²) in [5, 5.41) is 20.9. The number of allylic oxidation sites excluding steroid dienone is 4. The number of aliphatic hydroxyl groups is 2. The van der Waals surface area contributed by atoms with Crippen molar-refractivity contribution < 1.29 is 14.9 Å². The Balaban J connectivity index is 1.61. The van der Waals surface area contributed by atoms with Crippen molar-refractivity contribution in [2.75, 3.05) is 6.61 Å². The fourth-order valence-electron chi connectivity index (χ4n) is 7.06. The molecule has 3 saturated carbocycles. The lowest BCUT2D eigenvalue weighted by Crippen LogP contribution is -2.39. The molecule has 3 aliphatic carbocycles. The van der Waals surface area contributed by atoms with E-state index in [4.69, 9.17) is 4.74 Å². The highest BCUT2D eigenvalue weighted by atomic mass is 16.5. The van der Waals surface area contributed by atoms with E-state index in [1.807, 2.05) is 0 Å². The molecule has 0 amide bonds. The summed E-state index contributed by atoms with van der Waals surface area (Å²) in [4.78, 5) is 0. The smallest absolute Gasteiger partial charge is 0.0643 e. The van der Waals surface area contributed by atoms with E-state index in [0.29, 0.717) is 23.2 Å². The third-order valence-electron chi connectivity index (χ3n) is 9.70. The summed E-state index contributed by atoms with van der Waals surface area (Å²) in [6.45, 7) is 16.1. The molecule has 3 rings (SSSR count). The topological polar surface area (TPSA) is 49.7 Å². The highest BCUT2D eigenvalue weighted by molar-refractivity contribution is 5.36. The van der Waals surface area contributed by atoms with E-state index in [1.54, 1.807) is 5.57 Å². The minimum Gasteiger partial charge on any atom is -0.392 e. The molecule has 3 heteroatoms. The van der Waals surface area contributed by atoms with Crippen LogP contribution in [-0.4, -0.2) is 34.6 Å². The molecule has 0 aromatic carbocycles. The molecule has 188 valence electrons. The van der Waals surface area contributed by atoms with Crippen LogP contribution < -0.4 is 0 Å². The van der Waals surface area contributed by atoms with Gasteiger partial charge in [0.2, 0.25) is 0 Å². The first kappa shape index (κ1) is 26.7. The SMILES string of the molecule is C=C1C[C@H](C)C(O)C/C1=C/C=C1\CCCC2(C)C1CCC2[C@@H](C)OCCCC(O)(CC)CC. The van der Waals surface area contributed by atoms with Gasteiger partial charge >= 0.3 is 0 Å². The van der Waals surface area contributed by atoms with Crippen molar-refractivity contribution in [2.45, 2.75) is 123 Å². The predicted molar refractivity (Wildman–Crippen MR) is 138 cm³/mol. The summed E-state index contributed by atoms with van der Waals surface area (Å²) in [5.41, 5.74) is 3.83. The van der Waals surface area contributed by atoms with Gasteiger partial charge in [-0.05, 0) is 106 Å². The fourth-order valence-corrected chi connectivity index (χ4v) is 7.06. The van der Waals surface area contributed by atoms with E-state index in [1.165, 1.54) is 43.3 Å². The molecule has 0 radical (unpaired) electrons. The number of ether oxygens (including phenoxy) is 1. The quantitative estimate of drug-likeness (QED) is 0.361. The molecule has 4 unspecified atom stereocenters. The van der Waals surface area contributed by atoms with E-state index in [-0.39, 0.29) is 12.2 Å². The van der Waals surface area contributed by atoms with Crippen molar-refractivity contribution in [3.63, 3.8) is 0 Å². The Bertz CT molecular complexity index is 731. The fraction of sp³-hybridized carbons (Fsp3) is 0.800. The van der Waals surface area contributed by atoms with Crippen LogP contribution in [-0.2, 0) is 4.74 Å². The highest BCUT2D eigenvalue weighted by Crippen LogP contribution is 2.58. The molecule has 33 heavy (non-hydrogen) atoms. The first-order chi connectivity index (χ1) is 15.6. The molecule has 0 bridgehead atoms. The molecule has 0 aliphatic heterocycles. The summed E-state index contributed by atoms with van der Waals surface area (Å²) >= 11 is 0. The van der Waals surface area contributed by atoms with E-state index in [2.05, 4.69) is 53.3 Å². The maximum absolute atomic E-state index is 10.5. The molecule has 2 N–H and O–H groups in total. The minimum absolute atomic E-state index is 0.240. The monoisotopic (exact) mass is 458 g/mol. The van der Waals surface area contributed by atoms with Gasteiger partial charge in [0.05, 0.1) is 17.8 Å². The third kappa shape index (κ3) is 6.03. The Morgan fingerprint density at radius 3 is 2.64 bits per heavy atom. The highest BCUT2D eigenvalue weighted by Gasteiger charge is 2.51. The second kappa shape index (κ2) is 11.2. The Morgan fingerprint density at radius 2 is 1.94 bits per heavy atom. The van der Waals surface area contributed by atoms with Gasteiger partial charge in [0.15, 0.2) is 0 Å². The summed E-state index contributed by atoms with van der Waals surface area (Å²) in [6.07, 6.45) is 16.0. The average molecular weight is 459 g/mol. The van der Waals surface area contributed by atoms with Crippen molar-refractivity contribution in [3.05, 3.63) is 35.5 Å². The molecule has 3 fully saturated rings. The van der Waals surface area contributed by atoms with Crippen LogP contribution in [0.4, 0.5) is 0 Å². The van der Waals surface area contributed by atoms with E-state index >= 15 is 0 Å². The van der Waals surface area contributed by atoms with Gasteiger partial charge in [0, 0.05) is 6.61 Å². The van der Waals surface area contributed by atoms with Crippen LogP contribution in [0, 0.1) is 23.2 Å². The molecule has 0 saturated heterocycles. The zero-order chi connectivity index (χ0) is 24.2. The molecule has 0 heterocycles. The zero-order valence-corrected chi connectivity index (χ0v) is 22.0. The Hall–Kier alpha value is -0.900. The van der Waals surface area contributed by atoms with E-state index in [9.17, 15) is 10.2 Å². The van der Waals surface area contributed by atoms with Gasteiger partial charge in [-0.25, -0.2) is 0 Å². The molecular weight excluding hydrogens is 408 g/mol. The largest absolute Gasteiger partial charge is 0.392 e. The Morgan fingerprint density at radius 1 is 1.21 bits per heavy atom. The Labute approximate surface area is 203 Å². The summed E-state index contributed by atoms with van der Waals surface area (Å²) < 4.78 is 6.37. The first-order valence-electron chi connectivity index (χ1n) is 13.7. The maximum Gasteiger partial charge on any atom is 0.0643 e. The first-order valence-corrected chi connectivity index (χ1v) is 13.7. The molecular formula is C30H50O3. The number of rotatable bonds is 9. The van der Waals surface area contributed by atoms with Crippen LogP contribution in [0.5, 0.6) is 0 Å². The van der Waals surface area contributed by atoms with Crippen LogP contribution in [0.25, 0.3) is 0 Å². The van der Waals surface area contributed by atoms with Crippen LogP contribution in [0.3, 0.4) is 0 Å². The van der Waals surface area contributed by atoms with Gasteiger partial charge in [-0.1, -0.05) is 57.6 Å². The maximum atomic E-state index is 10.5. The minimum atomic E-state index is -0.521. The van der Waals surface area contributed by atoms with Gasteiger partial charge < -0.3 is 14.9 Å². The van der Waals surface area contributed by atoms with Gasteiger partial charge in [-0.3, -0.25) is 0 Å². The number of hydrogen-bond donors (Lipinski definition) is 2. The van der Waals surface area contributed by atoms with Gasteiger partial charge in [0.1, 0.15) is 0 Å². The van der Waals surface area contributed by atoms with Crippen molar-refractivity contribution in [2.24, 2.45) is 23.2 Å². The molecule has 0 aromatic heterocycles. The van der Waals surface area contributed by atoms with Crippen LogP contribution >= 0.6 is 0 Å². The summed E-state index contributed by atoms with van der Waals surface area (Å²) in [7, 11) is 0. The zero-order valence-electron chi connectivity index (χ0n) is 22.0. The van der Waals surface area contributed by atoms with Gasteiger partial charge in [-0.2, -0.15) is 0 Å². The lowest BCUT2D eigenvalue weighted by atomic mass is 9.62. The average Bonchev–Trinajstić information content (AvgIpc) is 3.15. The normalized spacial score (nSPS) is 36.4. The second-order valence-electron chi connectivity index (χ2n) is 11.7. The second-order valence-corrected chi connectivity index (χ2v) is 11.7. The molecule has 3 nitrogen and oxygen atoms in total. The number of fused-ring (bicyclic) bond motifs is 1. The number of hydrogen-bond acceptors (Lipinski definition) is 3. The van der Waals surface area contributed by atoms with Crippen LogP contribution in [0.2, 0.25) is 0 Å². The van der Waals surface area contributed by atoms with Crippen molar-refractivity contribution in [3.8, 4) is 0 Å².